The van der Waals surface area contributed by atoms with Gasteiger partial charge in [-0.1, -0.05) is 34.1 Å². The van der Waals surface area contributed by atoms with E-state index < -0.39 is 0 Å². The largest absolute Gasteiger partial charge is 0.304 e. The summed E-state index contributed by atoms with van der Waals surface area (Å²) in [6.45, 7) is 4.08. The van der Waals surface area contributed by atoms with Crippen LogP contribution in [0.15, 0.2) is 51.8 Å². The molecule has 2 aromatic carbocycles. The average molecular weight is 368 g/mol. The summed E-state index contributed by atoms with van der Waals surface area (Å²) in [5.74, 6) is -0.186. The van der Waals surface area contributed by atoms with Crippen molar-refractivity contribution in [2.45, 2.75) is 30.8 Å². The van der Waals surface area contributed by atoms with Crippen molar-refractivity contribution in [1.82, 2.24) is 5.32 Å². The molecule has 0 aromatic heterocycles. The number of halogens is 2. The molecule has 2 unspecified atom stereocenters. The summed E-state index contributed by atoms with van der Waals surface area (Å²) in [5.41, 5.74) is 1.89. The normalized spacial score (nSPS) is 14.0. The maximum atomic E-state index is 14.0. The van der Waals surface area contributed by atoms with Crippen LogP contribution in [0.3, 0.4) is 0 Å². The second kappa shape index (κ2) is 7.43. The molecule has 2 atom stereocenters. The lowest BCUT2D eigenvalue weighted by Crippen LogP contribution is -2.23. The minimum atomic E-state index is -0.186. The first kappa shape index (κ1) is 16.5. The van der Waals surface area contributed by atoms with Crippen LogP contribution in [-0.4, -0.2) is 6.26 Å². The minimum absolute atomic E-state index is 0.0478. The molecule has 0 spiro atoms. The van der Waals surface area contributed by atoms with E-state index >= 15 is 0 Å². The molecule has 0 amide bonds. The molecule has 112 valence electrons. The summed E-state index contributed by atoms with van der Waals surface area (Å²) in [5, 5.41) is 3.45. The third kappa shape index (κ3) is 4.31. The highest BCUT2D eigenvalue weighted by molar-refractivity contribution is 9.10. The Hall–Kier alpha value is -0.840. The van der Waals surface area contributed by atoms with Gasteiger partial charge in [0.2, 0.25) is 0 Å². The van der Waals surface area contributed by atoms with Crippen molar-refractivity contribution in [2.75, 3.05) is 6.26 Å². The summed E-state index contributed by atoms with van der Waals surface area (Å²) in [6, 6.07) is 13.8. The van der Waals surface area contributed by atoms with Crippen molar-refractivity contribution in [3.63, 3.8) is 0 Å². The van der Waals surface area contributed by atoms with Crippen LogP contribution in [0, 0.1) is 5.82 Å². The minimum Gasteiger partial charge on any atom is -0.304 e. The molecule has 0 saturated carbocycles. The Morgan fingerprint density at radius 3 is 2.29 bits per heavy atom. The summed E-state index contributed by atoms with van der Waals surface area (Å²) in [7, 11) is 0. The molecular weight excluding hydrogens is 349 g/mol. The van der Waals surface area contributed by atoms with Crippen LogP contribution >= 0.6 is 27.7 Å². The smallest absolute Gasteiger partial charge is 0.129 e. The second-order valence-electron chi connectivity index (χ2n) is 5.05. The summed E-state index contributed by atoms with van der Waals surface area (Å²) in [4.78, 5) is 1.25. The average Bonchev–Trinajstić information content (AvgIpc) is 2.47. The van der Waals surface area contributed by atoms with Crippen LogP contribution < -0.4 is 5.32 Å². The molecule has 1 nitrogen and oxygen atoms in total. The predicted molar refractivity (Wildman–Crippen MR) is 92.3 cm³/mol. The molecular formula is C17H19BrFNS. The molecule has 0 aliphatic rings. The van der Waals surface area contributed by atoms with E-state index in [1.165, 1.54) is 16.5 Å². The van der Waals surface area contributed by atoms with Gasteiger partial charge in [0, 0.05) is 27.0 Å². The van der Waals surface area contributed by atoms with Crippen molar-refractivity contribution >= 4 is 27.7 Å². The fourth-order valence-electron chi connectivity index (χ4n) is 2.31. The quantitative estimate of drug-likeness (QED) is 0.677. The lowest BCUT2D eigenvalue weighted by molar-refractivity contribution is 0.473. The van der Waals surface area contributed by atoms with E-state index in [1.807, 2.05) is 19.1 Å². The predicted octanol–water partition coefficient (Wildman–Crippen LogP) is 5.72. The lowest BCUT2D eigenvalue weighted by atomic mass is 10.0. The van der Waals surface area contributed by atoms with E-state index in [-0.39, 0.29) is 17.9 Å². The molecule has 4 heteroatoms. The zero-order valence-corrected chi connectivity index (χ0v) is 14.8. The first-order valence-electron chi connectivity index (χ1n) is 6.86. The molecule has 2 aromatic rings. The Morgan fingerprint density at radius 1 is 1.05 bits per heavy atom. The van der Waals surface area contributed by atoms with Crippen LogP contribution in [0.1, 0.15) is 37.1 Å². The van der Waals surface area contributed by atoms with Gasteiger partial charge in [-0.15, -0.1) is 11.8 Å². The van der Waals surface area contributed by atoms with Gasteiger partial charge in [-0.05, 0) is 49.9 Å². The highest BCUT2D eigenvalue weighted by Gasteiger charge is 2.14. The first-order valence-corrected chi connectivity index (χ1v) is 8.88. The zero-order valence-electron chi connectivity index (χ0n) is 12.4. The van der Waals surface area contributed by atoms with Gasteiger partial charge in [-0.25, -0.2) is 4.39 Å². The van der Waals surface area contributed by atoms with Gasteiger partial charge < -0.3 is 5.32 Å². The van der Waals surface area contributed by atoms with Gasteiger partial charge in [0.25, 0.3) is 0 Å². The highest BCUT2D eigenvalue weighted by atomic mass is 79.9. The van der Waals surface area contributed by atoms with E-state index in [0.29, 0.717) is 5.56 Å². The SMILES string of the molecule is CSc1ccc(C(C)NC(C)c2ccc(Br)cc2F)cc1. The summed E-state index contributed by atoms with van der Waals surface area (Å²) in [6.07, 6.45) is 2.06. The van der Waals surface area contributed by atoms with Gasteiger partial charge in [0.05, 0.1) is 0 Å². The maximum absolute atomic E-state index is 14.0. The fourth-order valence-corrected chi connectivity index (χ4v) is 3.05. The second-order valence-corrected chi connectivity index (χ2v) is 6.84. The van der Waals surface area contributed by atoms with Crippen molar-refractivity contribution in [3.05, 3.63) is 63.9 Å². The van der Waals surface area contributed by atoms with E-state index in [0.717, 1.165) is 4.47 Å². The summed E-state index contributed by atoms with van der Waals surface area (Å²) >= 11 is 5.01. The number of rotatable bonds is 5. The van der Waals surface area contributed by atoms with E-state index in [9.17, 15) is 4.39 Å². The van der Waals surface area contributed by atoms with Crippen LogP contribution in [-0.2, 0) is 0 Å². The number of nitrogens with one attached hydrogen (secondary N) is 1. The van der Waals surface area contributed by atoms with Crippen molar-refractivity contribution in [3.8, 4) is 0 Å². The molecule has 0 aliphatic carbocycles. The van der Waals surface area contributed by atoms with Gasteiger partial charge in [-0.2, -0.15) is 0 Å². The van der Waals surface area contributed by atoms with Crippen molar-refractivity contribution < 1.29 is 4.39 Å². The monoisotopic (exact) mass is 367 g/mol. The molecule has 0 bridgehead atoms. The Balaban J connectivity index is 2.08. The van der Waals surface area contributed by atoms with Crippen LogP contribution in [0.5, 0.6) is 0 Å². The van der Waals surface area contributed by atoms with Crippen LogP contribution in [0.25, 0.3) is 0 Å². The Morgan fingerprint density at radius 2 is 1.71 bits per heavy atom. The highest BCUT2D eigenvalue weighted by Crippen LogP contribution is 2.25. The lowest BCUT2D eigenvalue weighted by Gasteiger charge is -2.21. The number of hydrogen-bond acceptors (Lipinski definition) is 2. The third-order valence-corrected chi connectivity index (χ3v) is 4.78. The van der Waals surface area contributed by atoms with Gasteiger partial charge in [0.1, 0.15) is 5.82 Å². The molecule has 0 fully saturated rings. The van der Waals surface area contributed by atoms with Gasteiger partial charge in [-0.3, -0.25) is 0 Å². The zero-order chi connectivity index (χ0) is 15.4. The van der Waals surface area contributed by atoms with E-state index in [2.05, 4.69) is 58.7 Å². The third-order valence-electron chi connectivity index (χ3n) is 3.54. The number of thioether (sulfide) groups is 1. The molecule has 0 heterocycles. The Labute approximate surface area is 138 Å². The van der Waals surface area contributed by atoms with Gasteiger partial charge >= 0.3 is 0 Å². The van der Waals surface area contributed by atoms with E-state index in [4.69, 9.17) is 0 Å². The fraction of sp³-hybridized carbons (Fsp3) is 0.294. The van der Waals surface area contributed by atoms with E-state index in [1.54, 1.807) is 11.8 Å². The topological polar surface area (TPSA) is 12.0 Å². The van der Waals surface area contributed by atoms with Crippen LogP contribution in [0.2, 0.25) is 0 Å². The number of hydrogen-bond donors (Lipinski definition) is 1. The summed E-state index contributed by atoms with van der Waals surface area (Å²) < 4.78 is 14.7. The Bertz CT molecular complexity index is 600. The molecule has 21 heavy (non-hydrogen) atoms. The maximum Gasteiger partial charge on any atom is 0.129 e. The molecule has 0 saturated heterocycles. The molecule has 2 rings (SSSR count). The standard InChI is InChI=1S/C17H19BrFNS/c1-11(13-4-7-15(21-3)8-5-13)20-12(2)16-9-6-14(18)10-17(16)19/h4-12,20H,1-3H3. The number of benzene rings is 2. The molecule has 0 aliphatic heterocycles. The van der Waals surface area contributed by atoms with Gasteiger partial charge in [0.15, 0.2) is 0 Å². The van der Waals surface area contributed by atoms with Crippen molar-refractivity contribution in [2.24, 2.45) is 0 Å². The molecule has 1 N–H and O–H groups in total. The van der Waals surface area contributed by atoms with Crippen molar-refractivity contribution in [1.29, 1.82) is 0 Å². The van der Waals surface area contributed by atoms with Crippen LogP contribution in [0.4, 0.5) is 4.39 Å². The Kier molecular flexibility index (Phi) is 5.85. The first-order chi connectivity index (χ1) is 10.0. The molecule has 0 radical (unpaired) electrons.